The number of pyridine rings is 2. The highest BCUT2D eigenvalue weighted by molar-refractivity contribution is 6.22. The number of Topliss-reactive ketones (excluding diaryl/α,β-unsaturated/α-hetero) is 1. The monoisotopic (exact) mass is 567 g/mol. The molecule has 12 N–H and O–H groups in total. The van der Waals surface area contributed by atoms with E-state index < -0.39 is 0 Å². The van der Waals surface area contributed by atoms with Gasteiger partial charge in [-0.05, 0) is 24.3 Å². The fraction of sp³-hybridized carbons (Fsp3) is 0.273. The van der Waals surface area contributed by atoms with Crippen LogP contribution >= 0.6 is 24.8 Å². The van der Waals surface area contributed by atoms with Crippen LogP contribution in [-0.4, -0.2) is 108 Å². The van der Waals surface area contributed by atoms with E-state index >= 15 is 0 Å². The van der Waals surface area contributed by atoms with Crippen LogP contribution in [0.25, 0.3) is 11.4 Å². The summed E-state index contributed by atoms with van der Waals surface area (Å²) in [4.78, 5) is 38.8. The summed E-state index contributed by atoms with van der Waals surface area (Å²) in [6.07, 6.45) is 5.06. The van der Waals surface area contributed by atoms with Crippen molar-refractivity contribution in [3.8, 4) is 11.4 Å². The topological polar surface area (TPSA) is 258 Å². The number of ketones is 2. The lowest BCUT2D eigenvalue weighted by Crippen LogP contribution is -2.29. The number of nitrogens with zero attached hydrogens (tertiary/aromatic N) is 5. The molecule has 3 fully saturated rings. The van der Waals surface area contributed by atoms with Crippen LogP contribution in [-0.2, 0) is 9.59 Å². The van der Waals surface area contributed by atoms with Crippen molar-refractivity contribution in [2.75, 3.05) is 39.3 Å². The van der Waals surface area contributed by atoms with Crippen LogP contribution in [0.15, 0.2) is 72.0 Å². The summed E-state index contributed by atoms with van der Waals surface area (Å²) in [5.41, 5.74) is 3.72. The first-order chi connectivity index (χ1) is 14.2. The number of rotatable bonds is 4. The van der Waals surface area contributed by atoms with Crippen LogP contribution in [0.2, 0.25) is 0 Å². The maximum absolute atomic E-state index is 12.4. The molecule has 3 aliphatic heterocycles. The lowest BCUT2D eigenvalue weighted by atomic mass is 10.0. The zero-order chi connectivity index (χ0) is 19.8. The summed E-state index contributed by atoms with van der Waals surface area (Å²) in [7, 11) is 0. The Balaban J connectivity index is -0.000000251. The van der Waals surface area contributed by atoms with Crippen molar-refractivity contribution in [1.82, 2.24) is 24.7 Å². The molecule has 0 saturated carbocycles. The summed E-state index contributed by atoms with van der Waals surface area (Å²) >= 11 is 0. The number of hydrogen-bond donors (Lipinski definition) is 0. The van der Waals surface area contributed by atoms with Crippen molar-refractivity contribution < 1.29 is 42.4 Å². The predicted octanol–water partition coefficient (Wildman–Crippen LogP) is -2.78. The van der Waals surface area contributed by atoms with Crippen molar-refractivity contribution in [1.29, 1.82) is 0 Å². The van der Waals surface area contributed by atoms with Crippen molar-refractivity contribution in [2.24, 2.45) is 0 Å². The molecule has 5 heterocycles. The van der Waals surface area contributed by atoms with E-state index in [-0.39, 0.29) is 69.2 Å². The van der Waals surface area contributed by atoms with Gasteiger partial charge in [0.1, 0.15) is 11.4 Å². The molecule has 0 spiro atoms. The fourth-order valence-corrected chi connectivity index (χ4v) is 3.30. The number of hydrogen-bond acceptors (Lipinski definition) is 7. The predicted molar refractivity (Wildman–Crippen MR) is 143 cm³/mol. The zero-order valence-electron chi connectivity index (χ0n) is 19.8. The number of carbonyl (C=O) groups excluding carboxylic acids is 2. The van der Waals surface area contributed by atoms with Crippen molar-refractivity contribution in [3.05, 3.63) is 72.0 Å². The fourth-order valence-electron chi connectivity index (χ4n) is 3.30. The summed E-state index contributed by atoms with van der Waals surface area (Å²) in [5.74, 6) is 0.0485. The van der Waals surface area contributed by atoms with Crippen LogP contribution in [0.5, 0.6) is 0 Å². The van der Waals surface area contributed by atoms with Gasteiger partial charge in [-0.2, -0.15) is 0 Å². The van der Waals surface area contributed by atoms with E-state index in [0.717, 1.165) is 50.7 Å². The quantitative estimate of drug-likeness (QED) is 0.276. The summed E-state index contributed by atoms with van der Waals surface area (Å²) in [5, 5.41) is 0. The van der Waals surface area contributed by atoms with Gasteiger partial charge in [-0.15, -0.1) is 24.8 Å². The minimum absolute atomic E-state index is 0. The largest absolute Gasteiger partial charge is 0.412 e. The van der Waals surface area contributed by atoms with Crippen LogP contribution in [0.3, 0.4) is 0 Å². The van der Waals surface area contributed by atoms with Crippen molar-refractivity contribution in [3.63, 3.8) is 0 Å². The van der Waals surface area contributed by atoms with E-state index in [1.807, 2.05) is 51.1 Å². The van der Waals surface area contributed by atoms with Gasteiger partial charge in [0, 0.05) is 57.7 Å². The van der Waals surface area contributed by atoms with E-state index in [1.165, 1.54) is 6.08 Å². The first kappa shape index (κ1) is 41.0. The smallest absolute Gasteiger partial charge is 0.227 e. The number of carbonyl (C=O) groups is 2. The highest BCUT2D eigenvalue weighted by Gasteiger charge is 2.43. The number of halogens is 2. The second kappa shape index (κ2) is 17.3. The first-order valence-electron chi connectivity index (χ1n) is 9.84. The lowest BCUT2D eigenvalue weighted by Gasteiger charge is -2.21. The van der Waals surface area contributed by atoms with Crippen LogP contribution in [0, 0.1) is 0 Å². The molecule has 37 heavy (non-hydrogen) atoms. The summed E-state index contributed by atoms with van der Waals surface area (Å²) in [6.45, 7) is 5.41. The zero-order valence-corrected chi connectivity index (χ0v) is 21.4. The summed E-state index contributed by atoms with van der Waals surface area (Å²) in [6, 6.07) is 11.6. The Morgan fingerprint density at radius 2 is 0.973 bits per heavy atom. The van der Waals surface area contributed by atoms with Gasteiger partial charge in [0.05, 0.1) is 17.1 Å². The standard InChI is InChI=1S/C12H13N3O2.C10H8N2.2ClH.6H2O/c16-9-7-8(13-1-2-13)12(17)11(15-5-6-15)10(9)14-3-4-14;1-3-7-11-9(5-1)10-6-2-4-8-12-10;;;;;;;;/h7H,1-6H2;1-8H;2*1H;6*1H2. The third-order valence-corrected chi connectivity index (χ3v) is 5.08. The van der Waals surface area contributed by atoms with Crippen molar-refractivity contribution in [2.45, 2.75) is 0 Å². The maximum Gasteiger partial charge on any atom is 0.227 e. The molecule has 0 bridgehead atoms. The molecule has 0 unspecified atom stereocenters. The molecule has 210 valence electrons. The molecule has 0 radical (unpaired) electrons. The van der Waals surface area contributed by atoms with E-state index in [2.05, 4.69) is 9.97 Å². The van der Waals surface area contributed by atoms with Gasteiger partial charge in [0.2, 0.25) is 11.6 Å². The third kappa shape index (κ3) is 9.35. The average molecular weight is 568 g/mol. The Hall–Kier alpha value is -3.14. The molecule has 1 aliphatic carbocycles. The Bertz CT molecular complexity index is 994. The van der Waals surface area contributed by atoms with Crippen LogP contribution in [0.4, 0.5) is 0 Å². The Kier molecular flexibility index (Phi) is 19.2. The minimum Gasteiger partial charge on any atom is -0.412 e. The van der Waals surface area contributed by atoms with Gasteiger partial charge in [0.15, 0.2) is 0 Å². The molecule has 15 heteroatoms. The normalized spacial score (nSPS) is 15.4. The highest BCUT2D eigenvalue weighted by Crippen LogP contribution is 2.33. The lowest BCUT2D eigenvalue weighted by molar-refractivity contribution is -0.117. The molecular formula is C22H35Cl2N5O8. The highest BCUT2D eigenvalue weighted by atomic mass is 35.5. The molecule has 2 aromatic rings. The minimum atomic E-state index is 0. The van der Waals surface area contributed by atoms with Gasteiger partial charge in [-0.1, -0.05) is 12.1 Å². The molecule has 4 aliphatic rings. The van der Waals surface area contributed by atoms with Crippen LogP contribution in [0.1, 0.15) is 0 Å². The average Bonchev–Trinajstić information content (AvgIpc) is 3.60. The molecule has 2 aromatic heterocycles. The molecular weight excluding hydrogens is 533 g/mol. The third-order valence-electron chi connectivity index (χ3n) is 5.08. The van der Waals surface area contributed by atoms with Gasteiger partial charge >= 0.3 is 0 Å². The molecule has 3 saturated heterocycles. The second-order valence-electron chi connectivity index (χ2n) is 7.31. The second-order valence-corrected chi connectivity index (χ2v) is 7.31. The molecule has 6 rings (SSSR count). The number of aromatic nitrogens is 2. The SMILES string of the molecule is Cl.Cl.O.O.O.O.O.O.O=C1C=C(N2CC2)C(=O)C(N2CC2)=C1N1CC1.c1ccc(-c2ccccn2)nc1. The van der Waals surface area contributed by atoms with E-state index in [1.54, 1.807) is 12.4 Å². The molecule has 0 atom stereocenters. The van der Waals surface area contributed by atoms with Gasteiger partial charge in [-0.3, -0.25) is 19.6 Å². The van der Waals surface area contributed by atoms with Crippen molar-refractivity contribution >= 4 is 36.4 Å². The first-order valence-corrected chi connectivity index (χ1v) is 9.84. The van der Waals surface area contributed by atoms with Crippen LogP contribution < -0.4 is 0 Å². The summed E-state index contributed by atoms with van der Waals surface area (Å²) < 4.78 is 0. The Morgan fingerprint density at radius 3 is 1.32 bits per heavy atom. The Labute approximate surface area is 226 Å². The van der Waals surface area contributed by atoms with E-state index in [9.17, 15) is 9.59 Å². The Morgan fingerprint density at radius 1 is 0.568 bits per heavy atom. The molecule has 0 aromatic carbocycles. The van der Waals surface area contributed by atoms with E-state index in [4.69, 9.17) is 0 Å². The van der Waals surface area contributed by atoms with Gasteiger partial charge in [-0.25, -0.2) is 0 Å². The number of allylic oxidation sites excluding steroid dienone is 1. The molecule has 13 nitrogen and oxygen atoms in total. The van der Waals surface area contributed by atoms with Gasteiger partial charge in [0.25, 0.3) is 0 Å². The molecule has 0 amide bonds. The van der Waals surface area contributed by atoms with E-state index in [0.29, 0.717) is 17.1 Å². The maximum atomic E-state index is 12.4. The van der Waals surface area contributed by atoms with Gasteiger partial charge < -0.3 is 47.6 Å².